The molecule has 4 aromatic rings. The first-order chi connectivity index (χ1) is 25.0. The fourth-order valence-electron chi connectivity index (χ4n) is 5.61. The van der Waals surface area contributed by atoms with Crippen molar-refractivity contribution in [2.24, 2.45) is 11.3 Å². The lowest BCUT2D eigenvalue weighted by Gasteiger charge is -2.25. The van der Waals surface area contributed by atoms with Gasteiger partial charge in [0.15, 0.2) is 0 Å². The van der Waals surface area contributed by atoms with E-state index in [0.29, 0.717) is 24.3 Å². The Labute approximate surface area is 303 Å². The Balaban J connectivity index is 1.14. The predicted octanol–water partition coefficient (Wildman–Crippen LogP) is 6.88. The second-order valence-corrected chi connectivity index (χ2v) is 13.5. The van der Waals surface area contributed by atoms with Gasteiger partial charge in [-0.2, -0.15) is 0 Å². The lowest BCUT2D eigenvalue weighted by Crippen LogP contribution is -2.37. The minimum atomic E-state index is -0.725. The molecule has 0 aromatic heterocycles. The molecule has 1 fully saturated rings. The molecule has 2 atom stereocenters. The summed E-state index contributed by atoms with van der Waals surface area (Å²) < 4.78 is 21.5. The zero-order chi connectivity index (χ0) is 37.1. The van der Waals surface area contributed by atoms with Gasteiger partial charge in [0.25, 0.3) is 0 Å². The predicted molar refractivity (Wildman–Crippen MR) is 194 cm³/mol. The van der Waals surface area contributed by atoms with Crippen LogP contribution in [0.4, 0.5) is 4.79 Å². The monoisotopic (exact) mass is 705 g/mol. The highest BCUT2D eigenvalue weighted by Crippen LogP contribution is 2.31. The van der Waals surface area contributed by atoms with Gasteiger partial charge in [-0.05, 0) is 61.6 Å². The molecule has 52 heavy (non-hydrogen) atoms. The van der Waals surface area contributed by atoms with Crippen molar-refractivity contribution in [2.75, 3.05) is 13.4 Å². The molecule has 0 aliphatic carbocycles. The van der Waals surface area contributed by atoms with E-state index in [2.05, 4.69) is 5.32 Å². The number of hydrogen-bond donors (Lipinski definition) is 2. The van der Waals surface area contributed by atoms with Gasteiger partial charge in [-0.3, -0.25) is 25.1 Å². The third-order valence-corrected chi connectivity index (χ3v) is 8.50. The first-order valence-corrected chi connectivity index (χ1v) is 17.0. The van der Waals surface area contributed by atoms with Gasteiger partial charge in [-0.15, -0.1) is 0 Å². The Morgan fingerprint density at radius 1 is 0.788 bits per heavy atom. The summed E-state index contributed by atoms with van der Waals surface area (Å²) in [5.41, 5.74) is 3.45. The van der Waals surface area contributed by atoms with E-state index < -0.39 is 36.2 Å². The summed E-state index contributed by atoms with van der Waals surface area (Å²) in [5.74, 6) is -1.30. The Hall–Kier alpha value is -5.97. The molecule has 2 amide bonds. The SMILES string of the molecule is CC(C)(C)C(=O)OCOC(=O)C[C@@H]1C[C@@H](COc2ccc(-c3ccc(C(=N)NC(=O)OCc4ccccc4)cc3)cc2)N(Cc2ccccc2)C1=O. The molecule has 0 bridgehead atoms. The second kappa shape index (κ2) is 17.3. The van der Waals surface area contributed by atoms with Gasteiger partial charge in [0, 0.05) is 12.1 Å². The molecule has 0 unspecified atom stereocenters. The van der Waals surface area contributed by atoms with Crippen molar-refractivity contribution in [2.45, 2.75) is 52.8 Å². The highest BCUT2D eigenvalue weighted by atomic mass is 16.7. The highest BCUT2D eigenvalue weighted by Gasteiger charge is 2.41. The summed E-state index contributed by atoms with van der Waals surface area (Å²) in [4.78, 5) is 52.0. The number of amidine groups is 1. The fourth-order valence-corrected chi connectivity index (χ4v) is 5.61. The first-order valence-electron chi connectivity index (χ1n) is 17.0. The highest BCUT2D eigenvalue weighted by molar-refractivity contribution is 6.04. The molecule has 1 aliphatic rings. The smallest absolute Gasteiger partial charge is 0.413 e. The Bertz CT molecular complexity index is 1840. The first kappa shape index (κ1) is 37.3. The number of carbonyl (C=O) groups is 4. The van der Waals surface area contributed by atoms with Gasteiger partial charge in [0.05, 0.1) is 23.8 Å². The zero-order valence-corrected chi connectivity index (χ0v) is 29.5. The Kier molecular flexibility index (Phi) is 12.4. The van der Waals surface area contributed by atoms with Gasteiger partial charge in [0.2, 0.25) is 12.7 Å². The molecule has 11 heteroatoms. The molecule has 5 rings (SSSR count). The van der Waals surface area contributed by atoms with Crippen molar-refractivity contribution in [1.82, 2.24) is 10.2 Å². The van der Waals surface area contributed by atoms with E-state index in [0.717, 1.165) is 22.3 Å². The summed E-state index contributed by atoms with van der Waals surface area (Å²) in [7, 11) is 0. The van der Waals surface area contributed by atoms with Crippen molar-refractivity contribution in [3.05, 3.63) is 126 Å². The number of amides is 2. The van der Waals surface area contributed by atoms with Crippen LogP contribution in [0.15, 0.2) is 109 Å². The molecule has 2 N–H and O–H groups in total. The summed E-state index contributed by atoms with van der Waals surface area (Å²) in [6.45, 7) is 5.33. The van der Waals surface area contributed by atoms with Gasteiger partial charge in [0.1, 0.15) is 24.8 Å². The van der Waals surface area contributed by atoms with Crippen LogP contribution in [0.1, 0.15) is 50.3 Å². The van der Waals surface area contributed by atoms with E-state index in [1.54, 1.807) is 37.8 Å². The third kappa shape index (κ3) is 10.5. The molecule has 11 nitrogen and oxygen atoms in total. The van der Waals surface area contributed by atoms with E-state index in [-0.39, 0.29) is 37.4 Å². The standard InChI is InChI=1S/C41H43N3O8/c1-41(2,3)39(47)52-27-51-36(45)23-33-22-34(44(38(33)46)24-28-10-6-4-7-11-28)26-49-35-20-18-31(19-21-35)30-14-16-32(17-15-30)37(42)43-40(48)50-25-29-12-8-5-9-13-29/h4-21,33-34H,22-27H2,1-3H3,(H2,42,43,48)/t33-,34-/m0/s1. The Morgan fingerprint density at radius 2 is 1.38 bits per heavy atom. The van der Waals surface area contributed by atoms with E-state index in [1.165, 1.54) is 0 Å². The van der Waals surface area contributed by atoms with Crippen molar-refractivity contribution in [3.8, 4) is 16.9 Å². The van der Waals surface area contributed by atoms with Crippen LogP contribution in [-0.2, 0) is 41.7 Å². The number of hydrogen-bond acceptors (Lipinski definition) is 9. The van der Waals surface area contributed by atoms with E-state index >= 15 is 0 Å². The van der Waals surface area contributed by atoms with E-state index in [4.69, 9.17) is 24.4 Å². The molecule has 0 radical (unpaired) electrons. The minimum absolute atomic E-state index is 0.0687. The second-order valence-electron chi connectivity index (χ2n) is 13.5. The average molecular weight is 706 g/mol. The topological polar surface area (TPSA) is 144 Å². The maximum absolute atomic E-state index is 13.5. The molecule has 270 valence electrons. The normalized spacial score (nSPS) is 15.4. The Morgan fingerprint density at radius 3 is 2.00 bits per heavy atom. The summed E-state index contributed by atoms with van der Waals surface area (Å²) in [6, 6.07) is 33.4. The van der Waals surface area contributed by atoms with Crippen molar-refractivity contribution in [1.29, 1.82) is 5.41 Å². The van der Waals surface area contributed by atoms with Crippen LogP contribution in [0.25, 0.3) is 11.1 Å². The maximum Gasteiger partial charge on any atom is 0.413 e. The van der Waals surface area contributed by atoms with Crippen molar-refractivity contribution >= 4 is 29.8 Å². The molecular weight excluding hydrogens is 662 g/mol. The summed E-state index contributed by atoms with van der Waals surface area (Å²) in [5, 5.41) is 10.7. The maximum atomic E-state index is 13.5. The van der Waals surface area contributed by atoms with Crippen LogP contribution in [0.3, 0.4) is 0 Å². The molecule has 4 aromatic carbocycles. The fraction of sp³-hybridized carbons (Fsp3) is 0.293. The minimum Gasteiger partial charge on any atom is -0.491 e. The quantitative estimate of drug-likeness (QED) is 0.0663. The summed E-state index contributed by atoms with van der Waals surface area (Å²) in [6.07, 6.45) is -0.427. The lowest BCUT2D eigenvalue weighted by atomic mass is 9.98. The number of esters is 2. The van der Waals surface area contributed by atoms with Crippen LogP contribution in [0.5, 0.6) is 5.75 Å². The van der Waals surface area contributed by atoms with Crippen LogP contribution in [0, 0.1) is 16.7 Å². The zero-order valence-electron chi connectivity index (χ0n) is 29.5. The van der Waals surface area contributed by atoms with Crippen molar-refractivity contribution < 1.29 is 38.1 Å². The van der Waals surface area contributed by atoms with Crippen LogP contribution in [0.2, 0.25) is 0 Å². The van der Waals surface area contributed by atoms with Crippen LogP contribution in [-0.4, -0.2) is 54.1 Å². The van der Waals surface area contributed by atoms with Crippen LogP contribution >= 0.6 is 0 Å². The lowest BCUT2D eigenvalue weighted by molar-refractivity contribution is -0.174. The molecule has 0 saturated carbocycles. The van der Waals surface area contributed by atoms with Crippen LogP contribution < -0.4 is 10.1 Å². The summed E-state index contributed by atoms with van der Waals surface area (Å²) >= 11 is 0. The van der Waals surface area contributed by atoms with Crippen molar-refractivity contribution in [3.63, 3.8) is 0 Å². The van der Waals surface area contributed by atoms with Gasteiger partial charge >= 0.3 is 18.0 Å². The van der Waals surface area contributed by atoms with Gasteiger partial charge in [-0.1, -0.05) is 97.1 Å². The number of benzene rings is 4. The third-order valence-electron chi connectivity index (χ3n) is 8.50. The molecule has 1 saturated heterocycles. The number of ether oxygens (including phenoxy) is 4. The van der Waals surface area contributed by atoms with Gasteiger partial charge < -0.3 is 23.8 Å². The van der Waals surface area contributed by atoms with Gasteiger partial charge in [-0.25, -0.2) is 4.79 Å². The number of nitrogens with one attached hydrogen (secondary N) is 2. The number of alkyl carbamates (subject to hydrolysis) is 1. The van der Waals surface area contributed by atoms with E-state index in [1.807, 2.05) is 97.1 Å². The largest absolute Gasteiger partial charge is 0.491 e. The molecule has 1 heterocycles. The van der Waals surface area contributed by atoms with E-state index in [9.17, 15) is 19.2 Å². The molecular formula is C41H43N3O8. The number of carbonyl (C=O) groups excluding carboxylic acids is 4. The molecule has 0 spiro atoms. The number of likely N-dealkylation sites (tertiary alicyclic amines) is 1. The number of rotatable bonds is 13. The number of nitrogens with zero attached hydrogens (tertiary/aromatic N) is 1. The molecule has 1 aliphatic heterocycles. The average Bonchev–Trinajstić information content (AvgIpc) is 3.42.